The van der Waals surface area contributed by atoms with Crippen LogP contribution in [0.1, 0.15) is 30.9 Å². The summed E-state index contributed by atoms with van der Waals surface area (Å²) in [7, 11) is 0. The molecule has 1 aliphatic heterocycles. The van der Waals surface area contributed by atoms with Crippen molar-refractivity contribution in [3.05, 3.63) is 65.7 Å². The first-order chi connectivity index (χ1) is 12.6. The van der Waals surface area contributed by atoms with Gasteiger partial charge in [0.2, 0.25) is 0 Å². The van der Waals surface area contributed by atoms with Crippen LogP contribution in [0.5, 0.6) is 5.75 Å². The molecule has 0 bridgehead atoms. The quantitative estimate of drug-likeness (QED) is 0.826. The van der Waals surface area contributed by atoms with Crippen LogP contribution >= 0.6 is 0 Å². The smallest absolute Gasteiger partial charge is 0.119 e. The molecule has 0 saturated carbocycles. The van der Waals surface area contributed by atoms with Crippen LogP contribution < -0.4 is 4.74 Å². The van der Waals surface area contributed by atoms with E-state index in [4.69, 9.17) is 9.47 Å². The van der Waals surface area contributed by atoms with Crippen LogP contribution in [-0.4, -0.2) is 49.5 Å². The number of nitrogens with zero attached hydrogens (tertiary/aromatic N) is 1. The van der Waals surface area contributed by atoms with Gasteiger partial charge in [0.1, 0.15) is 5.75 Å². The minimum Gasteiger partial charge on any atom is -0.494 e. The van der Waals surface area contributed by atoms with Gasteiger partial charge in [-0.15, -0.1) is 0 Å². The summed E-state index contributed by atoms with van der Waals surface area (Å²) < 4.78 is 11.0. The van der Waals surface area contributed by atoms with E-state index in [2.05, 4.69) is 17.0 Å². The van der Waals surface area contributed by atoms with Gasteiger partial charge >= 0.3 is 0 Å². The fraction of sp³-hybridized carbons (Fsp3) is 0.455. The van der Waals surface area contributed by atoms with Crippen molar-refractivity contribution in [1.82, 2.24) is 4.90 Å². The number of hydrogen-bond donors (Lipinski definition) is 1. The van der Waals surface area contributed by atoms with E-state index >= 15 is 0 Å². The summed E-state index contributed by atoms with van der Waals surface area (Å²) in [5.41, 5.74) is 1.07. The largest absolute Gasteiger partial charge is 0.494 e. The molecule has 0 aromatic heterocycles. The third-order valence-corrected chi connectivity index (χ3v) is 5.17. The first-order valence-electron chi connectivity index (χ1n) is 9.42. The zero-order valence-corrected chi connectivity index (χ0v) is 15.7. The van der Waals surface area contributed by atoms with Crippen LogP contribution in [0.25, 0.3) is 0 Å². The second-order valence-corrected chi connectivity index (χ2v) is 6.98. The Hall–Kier alpha value is -1.88. The fourth-order valence-corrected chi connectivity index (χ4v) is 3.59. The van der Waals surface area contributed by atoms with E-state index in [1.807, 2.05) is 56.3 Å². The Morgan fingerprint density at radius 3 is 2.35 bits per heavy atom. The van der Waals surface area contributed by atoms with Crippen molar-refractivity contribution in [3.8, 4) is 5.75 Å². The van der Waals surface area contributed by atoms with Gasteiger partial charge < -0.3 is 14.6 Å². The molecule has 4 nitrogen and oxygen atoms in total. The van der Waals surface area contributed by atoms with Gasteiger partial charge in [0, 0.05) is 25.6 Å². The Balaban J connectivity index is 1.88. The van der Waals surface area contributed by atoms with Crippen molar-refractivity contribution >= 4 is 0 Å². The topological polar surface area (TPSA) is 41.9 Å². The first-order valence-corrected chi connectivity index (χ1v) is 9.42. The maximum Gasteiger partial charge on any atom is 0.119 e. The number of morpholine rings is 1. The van der Waals surface area contributed by atoms with Crippen LogP contribution in [0.2, 0.25) is 0 Å². The number of hydrogen-bond acceptors (Lipinski definition) is 4. The molecule has 1 N–H and O–H groups in total. The van der Waals surface area contributed by atoms with Crippen LogP contribution in [0.15, 0.2) is 54.6 Å². The fourth-order valence-electron chi connectivity index (χ4n) is 3.59. The molecule has 1 aliphatic rings. The van der Waals surface area contributed by atoms with E-state index in [9.17, 15) is 5.11 Å². The van der Waals surface area contributed by atoms with Gasteiger partial charge in [-0.2, -0.15) is 0 Å². The van der Waals surface area contributed by atoms with Crippen molar-refractivity contribution in [2.24, 2.45) is 0 Å². The Bertz CT molecular complexity index is 664. The Morgan fingerprint density at radius 1 is 1.08 bits per heavy atom. The van der Waals surface area contributed by atoms with Gasteiger partial charge in [-0.25, -0.2) is 0 Å². The van der Waals surface area contributed by atoms with Gasteiger partial charge in [-0.05, 0) is 37.1 Å². The van der Waals surface area contributed by atoms with E-state index in [1.54, 1.807) is 0 Å². The molecule has 1 saturated heterocycles. The van der Waals surface area contributed by atoms with Gasteiger partial charge in [0.25, 0.3) is 0 Å². The van der Waals surface area contributed by atoms with E-state index < -0.39 is 5.60 Å². The third kappa shape index (κ3) is 4.44. The van der Waals surface area contributed by atoms with Crippen molar-refractivity contribution in [2.45, 2.75) is 25.4 Å². The summed E-state index contributed by atoms with van der Waals surface area (Å²) in [6.45, 7) is 8.65. The summed E-state index contributed by atoms with van der Waals surface area (Å²) >= 11 is 0. The predicted molar refractivity (Wildman–Crippen MR) is 104 cm³/mol. The van der Waals surface area contributed by atoms with Crippen molar-refractivity contribution in [2.75, 3.05) is 39.5 Å². The molecule has 0 unspecified atom stereocenters. The molecule has 0 radical (unpaired) electrons. The molecule has 0 amide bonds. The highest BCUT2D eigenvalue weighted by molar-refractivity contribution is 5.35. The highest BCUT2D eigenvalue weighted by Gasteiger charge is 2.36. The molecule has 1 heterocycles. The van der Waals surface area contributed by atoms with E-state index in [1.165, 1.54) is 0 Å². The molecule has 140 valence electrons. The second-order valence-electron chi connectivity index (χ2n) is 6.98. The average Bonchev–Trinajstić information content (AvgIpc) is 2.68. The lowest BCUT2D eigenvalue weighted by Gasteiger charge is -2.38. The van der Waals surface area contributed by atoms with Crippen molar-refractivity contribution < 1.29 is 14.6 Å². The minimum absolute atomic E-state index is 0.0280. The van der Waals surface area contributed by atoms with Crippen LogP contribution in [-0.2, 0) is 10.3 Å². The van der Waals surface area contributed by atoms with Crippen molar-refractivity contribution in [3.63, 3.8) is 0 Å². The Kier molecular flexibility index (Phi) is 6.30. The number of benzene rings is 2. The lowest BCUT2D eigenvalue weighted by molar-refractivity contribution is -0.0107. The van der Waals surface area contributed by atoms with Gasteiger partial charge in [-0.3, -0.25) is 4.90 Å². The number of rotatable bonds is 7. The predicted octanol–water partition coefficient (Wildman–Crippen LogP) is 3.41. The Labute approximate surface area is 156 Å². The summed E-state index contributed by atoms with van der Waals surface area (Å²) in [6.07, 6.45) is 0. The molecule has 3 rings (SSSR count). The average molecular weight is 355 g/mol. The van der Waals surface area contributed by atoms with E-state index in [-0.39, 0.29) is 5.92 Å². The SMILES string of the molecule is CCOc1ccc([C@](C)(O)[C@@H](CN2CCOCC2)c2ccccc2)cc1. The zero-order chi connectivity index (χ0) is 18.4. The summed E-state index contributed by atoms with van der Waals surface area (Å²) in [5, 5.41) is 11.6. The molecule has 0 spiro atoms. The molecule has 2 aromatic rings. The van der Waals surface area contributed by atoms with E-state index in [0.717, 1.165) is 49.7 Å². The molecule has 0 aliphatic carbocycles. The maximum atomic E-state index is 11.6. The highest BCUT2D eigenvalue weighted by atomic mass is 16.5. The first kappa shape index (κ1) is 18.9. The van der Waals surface area contributed by atoms with Gasteiger partial charge in [0.15, 0.2) is 0 Å². The molecular formula is C22H29NO3. The molecule has 1 fully saturated rings. The molecule has 4 heteroatoms. The maximum absolute atomic E-state index is 11.6. The van der Waals surface area contributed by atoms with Crippen molar-refractivity contribution in [1.29, 1.82) is 0 Å². The lowest BCUT2D eigenvalue weighted by Crippen LogP contribution is -2.43. The molecule has 2 atom stereocenters. The minimum atomic E-state index is -0.982. The van der Waals surface area contributed by atoms with Crippen LogP contribution in [0.4, 0.5) is 0 Å². The van der Waals surface area contributed by atoms with E-state index in [0.29, 0.717) is 6.61 Å². The summed E-state index contributed by atoms with van der Waals surface area (Å²) in [4.78, 5) is 2.38. The number of ether oxygens (including phenoxy) is 2. The lowest BCUT2D eigenvalue weighted by atomic mass is 9.78. The number of aliphatic hydroxyl groups is 1. The summed E-state index contributed by atoms with van der Waals surface area (Å²) in [6, 6.07) is 18.1. The second kappa shape index (κ2) is 8.67. The van der Waals surface area contributed by atoms with Crippen LogP contribution in [0, 0.1) is 0 Å². The Morgan fingerprint density at radius 2 is 1.73 bits per heavy atom. The molecule has 2 aromatic carbocycles. The normalized spacial score (nSPS) is 18.9. The zero-order valence-electron chi connectivity index (χ0n) is 15.7. The molecular weight excluding hydrogens is 326 g/mol. The van der Waals surface area contributed by atoms with Gasteiger partial charge in [0.05, 0.1) is 25.4 Å². The molecule has 26 heavy (non-hydrogen) atoms. The van der Waals surface area contributed by atoms with Gasteiger partial charge in [-0.1, -0.05) is 42.5 Å². The summed E-state index contributed by atoms with van der Waals surface area (Å²) in [5.74, 6) is 0.802. The highest BCUT2D eigenvalue weighted by Crippen LogP contribution is 2.38. The standard InChI is InChI=1S/C22H29NO3/c1-3-26-20-11-9-19(10-12-20)22(2,24)21(18-7-5-4-6-8-18)17-23-13-15-25-16-14-23/h4-12,21,24H,3,13-17H2,1-2H3/t21-,22-/m0/s1. The monoisotopic (exact) mass is 355 g/mol. The van der Waals surface area contributed by atoms with Crippen LogP contribution in [0.3, 0.4) is 0 Å². The third-order valence-electron chi connectivity index (χ3n) is 5.17.